The summed E-state index contributed by atoms with van der Waals surface area (Å²) in [7, 11) is 0. The summed E-state index contributed by atoms with van der Waals surface area (Å²) in [6.07, 6.45) is 0. The van der Waals surface area contributed by atoms with Gasteiger partial charge in [-0.15, -0.1) is 0 Å². The van der Waals surface area contributed by atoms with Crippen molar-refractivity contribution in [1.29, 1.82) is 0 Å². The quantitative estimate of drug-likeness (QED) is 0.568. The number of non-ortho nitro benzene ring substituents is 1. The topological polar surface area (TPSA) is 105 Å². The van der Waals surface area contributed by atoms with Crippen LogP contribution in [0, 0.1) is 10.1 Å². The second-order valence-electron chi connectivity index (χ2n) is 6.60. The molecule has 9 heteroatoms. The van der Waals surface area contributed by atoms with Gasteiger partial charge in [0.25, 0.3) is 11.6 Å². The van der Waals surface area contributed by atoms with Crippen LogP contribution in [0.1, 0.15) is 31.1 Å². The van der Waals surface area contributed by atoms with Gasteiger partial charge >= 0.3 is 0 Å². The lowest BCUT2D eigenvalue weighted by Crippen LogP contribution is -2.43. The first-order chi connectivity index (χ1) is 12.8. The monoisotopic (exact) mass is 378 g/mol. The van der Waals surface area contributed by atoms with E-state index < -0.39 is 10.8 Å². The van der Waals surface area contributed by atoms with Crippen molar-refractivity contribution in [3.05, 3.63) is 33.9 Å². The molecule has 2 amide bonds. The SMILES string of the molecule is CCN(CC(=O)NC(C)C)C(=O)c1cc([N+](=O)[O-])ccc1N1CCOCC1. The van der Waals surface area contributed by atoms with Crippen molar-refractivity contribution >= 4 is 23.2 Å². The van der Waals surface area contributed by atoms with Crippen LogP contribution in [-0.2, 0) is 9.53 Å². The van der Waals surface area contributed by atoms with Gasteiger partial charge in [-0.25, -0.2) is 0 Å². The average molecular weight is 378 g/mol. The van der Waals surface area contributed by atoms with E-state index in [1.807, 2.05) is 18.7 Å². The Morgan fingerprint density at radius 3 is 2.56 bits per heavy atom. The van der Waals surface area contributed by atoms with E-state index in [0.29, 0.717) is 38.5 Å². The number of benzene rings is 1. The first-order valence-corrected chi connectivity index (χ1v) is 9.03. The Labute approximate surface area is 158 Å². The van der Waals surface area contributed by atoms with Gasteiger partial charge < -0.3 is 19.9 Å². The molecule has 1 aromatic rings. The maximum atomic E-state index is 13.1. The lowest BCUT2D eigenvalue weighted by atomic mass is 10.1. The number of nitro groups is 1. The van der Waals surface area contributed by atoms with Crippen LogP contribution in [0.4, 0.5) is 11.4 Å². The highest BCUT2D eigenvalue weighted by Gasteiger charge is 2.26. The maximum Gasteiger partial charge on any atom is 0.270 e. The van der Waals surface area contributed by atoms with Crippen molar-refractivity contribution in [1.82, 2.24) is 10.2 Å². The van der Waals surface area contributed by atoms with Gasteiger partial charge in [0.2, 0.25) is 5.91 Å². The molecule has 1 saturated heterocycles. The third kappa shape index (κ3) is 5.40. The molecule has 0 aliphatic carbocycles. The van der Waals surface area contributed by atoms with Crippen LogP contribution in [0.25, 0.3) is 0 Å². The molecule has 148 valence electrons. The van der Waals surface area contributed by atoms with Crippen LogP contribution < -0.4 is 10.2 Å². The van der Waals surface area contributed by atoms with E-state index in [1.54, 1.807) is 13.0 Å². The van der Waals surface area contributed by atoms with Gasteiger partial charge in [-0.05, 0) is 26.8 Å². The van der Waals surface area contributed by atoms with Crippen LogP contribution in [0.2, 0.25) is 0 Å². The van der Waals surface area contributed by atoms with Gasteiger partial charge in [-0.3, -0.25) is 19.7 Å². The van der Waals surface area contributed by atoms with Gasteiger partial charge in [-0.1, -0.05) is 0 Å². The minimum atomic E-state index is -0.526. The first-order valence-electron chi connectivity index (χ1n) is 9.03. The lowest BCUT2D eigenvalue weighted by Gasteiger charge is -2.31. The van der Waals surface area contributed by atoms with Crippen LogP contribution in [0.5, 0.6) is 0 Å². The summed E-state index contributed by atoms with van der Waals surface area (Å²) in [6.45, 7) is 7.91. The fraction of sp³-hybridized carbons (Fsp3) is 0.556. The number of nitrogens with one attached hydrogen (secondary N) is 1. The highest BCUT2D eigenvalue weighted by molar-refractivity contribution is 6.02. The van der Waals surface area contributed by atoms with Crippen LogP contribution in [0.15, 0.2) is 18.2 Å². The minimum Gasteiger partial charge on any atom is -0.378 e. The molecule has 1 aliphatic rings. The number of anilines is 1. The van der Waals surface area contributed by atoms with Crippen molar-refractivity contribution in [2.45, 2.75) is 26.8 Å². The van der Waals surface area contributed by atoms with Crippen LogP contribution in [-0.4, -0.2) is 67.1 Å². The Morgan fingerprint density at radius 1 is 1.33 bits per heavy atom. The number of carbonyl (C=O) groups is 2. The summed E-state index contributed by atoms with van der Waals surface area (Å²) in [5.74, 6) is -0.667. The van der Waals surface area contributed by atoms with Gasteiger partial charge in [-0.2, -0.15) is 0 Å². The molecule has 1 heterocycles. The van der Waals surface area contributed by atoms with Crippen LogP contribution in [0.3, 0.4) is 0 Å². The van der Waals surface area contributed by atoms with Crippen LogP contribution >= 0.6 is 0 Å². The molecule has 0 atom stereocenters. The molecule has 2 rings (SSSR count). The van der Waals surface area contributed by atoms with E-state index in [4.69, 9.17) is 4.74 Å². The van der Waals surface area contributed by atoms with Gasteiger partial charge in [0.05, 0.1) is 35.9 Å². The molecular formula is C18H26N4O5. The average Bonchev–Trinajstić information content (AvgIpc) is 2.65. The zero-order valence-corrected chi connectivity index (χ0v) is 15.9. The van der Waals surface area contributed by atoms with Crippen molar-refractivity contribution in [3.63, 3.8) is 0 Å². The number of morpholine rings is 1. The Hall–Kier alpha value is -2.68. The Bertz CT molecular complexity index is 701. The van der Waals surface area contributed by atoms with Crippen molar-refractivity contribution < 1.29 is 19.2 Å². The minimum absolute atomic E-state index is 0.0342. The summed E-state index contributed by atoms with van der Waals surface area (Å²) in [6, 6.07) is 4.24. The number of likely N-dealkylation sites (N-methyl/N-ethyl adjacent to an activating group) is 1. The summed E-state index contributed by atoms with van der Waals surface area (Å²) in [5.41, 5.74) is 0.694. The predicted octanol–water partition coefficient (Wildman–Crippen LogP) is 1.42. The maximum absolute atomic E-state index is 13.1. The number of nitro benzene ring substituents is 1. The third-order valence-corrected chi connectivity index (χ3v) is 4.23. The number of amides is 2. The van der Waals surface area contributed by atoms with Crippen molar-refractivity contribution in [2.75, 3.05) is 44.3 Å². The summed E-state index contributed by atoms with van der Waals surface area (Å²) < 4.78 is 5.34. The Morgan fingerprint density at radius 2 is 2.00 bits per heavy atom. The number of hydrogen-bond acceptors (Lipinski definition) is 6. The number of rotatable bonds is 7. The number of nitrogens with zero attached hydrogens (tertiary/aromatic N) is 3. The van der Waals surface area contributed by atoms with E-state index in [1.165, 1.54) is 17.0 Å². The molecular weight excluding hydrogens is 352 g/mol. The fourth-order valence-electron chi connectivity index (χ4n) is 2.93. The Balaban J connectivity index is 2.33. The van der Waals surface area contributed by atoms with Gasteiger partial charge in [0, 0.05) is 37.8 Å². The Kier molecular flexibility index (Phi) is 7.12. The van der Waals surface area contributed by atoms with Gasteiger partial charge in [0.1, 0.15) is 0 Å². The summed E-state index contributed by atoms with van der Waals surface area (Å²) in [5, 5.41) is 13.9. The summed E-state index contributed by atoms with van der Waals surface area (Å²) >= 11 is 0. The lowest BCUT2D eigenvalue weighted by molar-refractivity contribution is -0.384. The summed E-state index contributed by atoms with van der Waals surface area (Å²) in [4.78, 5) is 39.2. The second-order valence-corrected chi connectivity index (χ2v) is 6.60. The molecule has 0 bridgehead atoms. The molecule has 0 radical (unpaired) electrons. The molecule has 0 saturated carbocycles. The highest BCUT2D eigenvalue weighted by atomic mass is 16.6. The smallest absolute Gasteiger partial charge is 0.270 e. The predicted molar refractivity (Wildman–Crippen MR) is 101 cm³/mol. The van der Waals surface area contributed by atoms with E-state index in [0.717, 1.165) is 0 Å². The fourth-order valence-corrected chi connectivity index (χ4v) is 2.93. The molecule has 0 spiro atoms. The molecule has 1 aliphatic heterocycles. The van der Waals surface area contributed by atoms with Gasteiger partial charge in [0.15, 0.2) is 0 Å². The first kappa shape index (κ1) is 20.6. The standard InChI is InChI=1S/C18H26N4O5/c1-4-20(12-17(23)19-13(2)3)18(24)15-11-14(22(25)26)5-6-16(15)21-7-9-27-10-8-21/h5-6,11,13H,4,7-10,12H2,1-3H3,(H,19,23). The third-order valence-electron chi connectivity index (χ3n) is 4.23. The molecule has 1 aromatic carbocycles. The molecule has 27 heavy (non-hydrogen) atoms. The van der Waals surface area contributed by atoms with E-state index in [9.17, 15) is 19.7 Å². The second kappa shape index (κ2) is 9.31. The van der Waals surface area contributed by atoms with Crippen molar-refractivity contribution in [2.24, 2.45) is 0 Å². The zero-order valence-electron chi connectivity index (χ0n) is 15.9. The number of hydrogen-bond donors (Lipinski definition) is 1. The molecule has 9 nitrogen and oxygen atoms in total. The highest BCUT2D eigenvalue weighted by Crippen LogP contribution is 2.27. The number of carbonyl (C=O) groups excluding carboxylic acids is 2. The van der Waals surface area contributed by atoms with E-state index in [-0.39, 0.29) is 29.7 Å². The van der Waals surface area contributed by atoms with E-state index >= 15 is 0 Å². The van der Waals surface area contributed by atoms with E-state index in [2.05, 4.69) is 5.32 Å². The largest absolute Gasteiger partial charge is 0.378 e. The normalized spacial score (nSPS) is 14.1. The molecule has 0 unspecified atom stereocenters. The molecule has 1 fully saturated rings. The number of ether oxygens (including phenoxy) is 1. The van der Waals surface area contributed by atoms with Crippen molar-refractivity contribution in [3.8, 4) is 0 Å². The molecule has 0 aromatic heterocycles. The molecule has 1 N–H and O–H groups in total. The zero-order chi connectivity index (χ0) is 20.0.